The summed E-state index contributed by atoms with van der Waals surface area (Å²) >= 11 is 0. The highest BCUT2D eigenvalue weighted by atomic mass is 19.4. The van der Waals surface area contributed by atoms with Gasteiger partial charge in [0.2, 0.25) is 5.88 Å². The van der Waals surface area contributed by atoms with Gasteiger partial charge < -0.3 is 9.47 Å². The largest absolute Gasteiger partial charge is 0.488 e. The van der Waals surface area contributed by atoms with Crippen molar-refractivity contribution in [3.8, 4) is 17.4 Å². The van der Waals surface area contributed by atoms with E-state index in [1.54, 1.807) is 6.07 Å². The Labute approximate surface area is 201 Å². The third-order valence-corrected chi connectivity index (χ3v) is 5.78. The molecule has 7 heteroatoms. The van der Waals surface area contributed by atoms with Crippen LogP contribution in [0.15, 0.2) is 89.6 Å². The molecule has 1 aromatic heterocycles. The summed E-state index contributed by atoms with van der Waals surface area (Å²) in [5.41, 5.74) is 3.52. The molecular weight excluding hydrogens is 453 g/mol. The number of allylic oxidation sites excluding steroid dienone is 4. The van der Waals surface area contributed by atoms with Gasteiger partial charge in [-0.05, 0) is 37.5 Å². The molecule has 1 aliphatic carbocycles. The maximum atomic E-state index is 12.9. The normalized spacial score (nSPS) is 17.5. The van der Waals surface area contributed by atoms with E-state index < -0.39 is 11.7 Å². The van der Waals surface area contributed by atoms with Gasteiger partial charge in [0.05, 0.1) is 11.3 Å². The number of aliphatic imine (C=N–C) groups is 1. The summed E-state index contributed by atoms with van der Waals surface area (Å²) in [6.45, 7) is 1.98. The van der Waals surface area contributed by atoms with Crippen molar-refractivity contribution >= 4 is 11.4 Å². The number of hydrogen-bond acceptors (Lipinski definition) is 4. The predicted octanol–water partition coefficient (Wildman–Crippen LogP) is 7.61. The minimum Gasteiger partial charge on any atom is -0.488 e. The molecule has 0 fully saturated rings. The van der Waals surface area contributed by atoms with Crippen molar-refractivity contribution in [1.29, 1.82) is 0 Å². The van der Waals surface area contributed by atoms with Crippen molar-refractivity contribution in [2.75, 3.05) is 0 Å². The van der Waals surface area contributed by atoms with Crippen LogP contribution in [0.5, 0.6) is 17.4 Å². The van der Waals surface area contributed by atoms with Crippen molar-refractivity contribution in [3.63, 3.8) is 0 Å². The molecule has 1 aliphatic heterocycles. The molecule has 0 N–H and O–H groups in total. The molecule has 1 atom stereocenters. The highest BCUT2D eigenvalue weighted by Gasteiger charge is 2.31. The van der Waals surface area contributed by atoms with E-state index in [4.69, 9.17) is 14.5 Å². The van der Waals surface area contributed by atoms with Crippen LogP contribution in [0.1, 0.15) is 36.5 Å². The van der Waals surface area contributed by atoms with E-state index in [1.807, 2.05) is 43.3 Å². The Hall–Kier alpha value is -3.87. The summed E-state index contributed by atoms with van der Waals surface area (Å²) in [6.07, 6.45) is 5.27. The summed E-state index contributed by atoms with van der Waals surface area (Å²) in [6, 6.07) is 15.7. The molecule has 5 rings (SSSR count). The Bertz CT molecular complexity index is 1310. The zero-order chi connectivity index (χ0) is 24.4. The molecule has 0 amide bonds. The SMILES string of the molecule is CC1Cc2cc(Oc3ccc(C(F)(F)F)cn3)cc(N=C(C3=CCCC=C3)c3ccccc3)c2O1. The quantitative estimate of drug-likeness (QED) is 0.356. The molecule has 0 bridgehead atoms. The molecule has 3 aromatic rings. The lowest BCUT2D eigenvalue weighted by atomic mass is 9.97. The van der Waals surface area contributed by atoms with Crippen LogP contribution >= 0.6 is 0 Å². The highest BCUT2D eigenvalue weighted by molar-refractivity contribution is 6.15. The van der Waals surface area contributed by atoms with Gasteiger partial charge in [0, 0.05) is 35.9 Å². The average Bonchev–Trinajstić information content (AvgIpc) is 3.23. The minimum absolute atomic E-state index is 0.0210. The molecule has 0 saturated carbocycles. The number of fused-ring (bicyclic) bond motifs is 1. The van der Waals surface area contributed by atoms with Crippen molar-refractivity contribution < 1.29 is 22.6 Å². The number of pyridine rings is 1. The fraction of sp³-hybridized carbons (Fsp3) is 0.214. The zero-order valence-corrected chi connectivity index (χ0v) is 19.0. The summed E-state index contributed by atoms with van der Waals surface area (Å²) < 4.78 is 50.6. The molecule has 0 radical (unpaired) electrons. The molecule has 2 heterocycles. The summed E-state index contributed by atoms with van der Waals surface area (Å²) in [5.74, 6) is 1.20. The third kappa shape index (κ3) is 5.14. The van der Waals surface area contributed by atoms with Gasteiger partial charge >= 0.3 is 6.18 Å². The van der Waals surface area contributed by atoms with E-state index in [9.17, 15) is 13.2 Å². The van der Waals surface area contributed by atoms with Gasteiger partial charge in [-0.3, -0.25) is 0 Å². The van der Waals surface area contributed by atoms with Crippen LogP contribution in [-0.4, -0.2) is 16.8 Å². The lowest BCUT2D eigenvalue weighted by Gasteiger charge is -2.14. The van der Waals surface area contributed by atoms with Crippen LogP contribution in [-0.2, 0) is 12.6 Å². The van der Waals surface area contributed by atoms with Crippen LogP contribution in [0, 0.1) is 0 Å². The van der Waals surface area contributed by atoms with E-state index in [1.165, 1.54) is 6.07 Å². The number of halogens is 3. The Morgan fingerprint density at radius 3 is 2.60 bits per heavy atom. The molecule has 1 unspecified atom stereocenters. The van der Waals surface area contributed by atoms with Gasteiger partial charge in [0.25, 0.3) is 0 Å². The fourth-order valence-electron chi connectivity index (χ4n) is 4.16. The van der Waals surface area contributed by atoms with Crippen molar-refractivity contribution in [2.45, 2.75) is 38.5 Å². The molecule has 35 heavy (non-hydrogen) atoms. The monoisotopic (exact) mass is 476 g/mol. The summed E-state index contributed by atoms with van der Waals surface area (Å²) in [7, 11) is 0. The smallest absolute Gasteiger partial charge is 0.417 e. The Morgan fingerprint density at radius 1 is 1.09 bits per heavy atom. The first-order valence-electron chi connectivity index (χ1n) is 11.4. The topological polar surface area (TPSA) is 43.7 Å². The number of benzene rings is 2. The number of aromatic nitrogens is 1. The highest BCUT2D eigenvalue weighted by Crippen LogP contribution is 2.43. The summed E-state index contributed by atoms with van der Waals surface area (Å²) in [5, 5.41) is 0. The minimum atomic E-state index is -4.45. The number of ether oxygens (including phenoxy) is 2. The second kappa shape index (κ2) is 9.41. The maximum Gasteiger partial charge on any atom is 0.417 e. The van der Waals surface area contributed by atoms with Crippen LogP contribution in [0.3, 0.4) is 0 Å². The van der Waals surface area contributed by atoms with E-state index in [0.29, 0.717) is 23.6 Å². The second-order valence-electron chi connectivity index (χ2n) is 8.51. The van der Waals surface area contributed by atoms with Gasteiger partial charge in [0.15, 0.2) is 0 Å². The van der Waals surface area contributed by atoms with Gasteiger partial charge in [-0.15, -0.1) is 0 Å². The predicted molar refractivity (Wildman–Crippen MR) is 129 cm³/mol. The first-order chi connectivity index (χ1) is 16.9. The van der Waals surface area contributed by atoms with Crippen molar-refractivity contribution in [2.24, 2.45) is 4.99 Å². The molecule has 0 saturated heterocycles. The average molecular weight is 476 g/mol. The van der Waals surface area contributed by atoms with Gasteiger partial charge in [-0.2, -0.15) is 13.2 Å². The van der Waals surface area contributed by atoms with E-state index >= 15 is 0 Å². The van der Waals surface area contributed by atoms with Crippen molar-refractivity contribution in [1.82, 2.24) is 4.98 Å². The number of rotatable bonds is 5. The lowest BCUT2D eigenvalue weighted by Crippen LogP contribution is -2.06. The summed E-state index contributed by atoms with van der Waals surface area (Å²) in [4.78, 5) is 8.86. The second-order valence-corrected chi connectivity index (χ2v) is 8.51. The van der Waals surface area contributed by atoms with E-state index in [-0.39, 0.29) is 12.0 Å². The first-order valence-corrected chi connectivity index (χ1v) is 11.4. The van der Waals surface area contributed by atoms with Crippen LogP contribution < -0.4 is 9.47 Å². The number of nitrogens with zero attached hydrogens (tertiary/aromatic N) is 2. The fourth-order valence-corrected chi connectivity index (χ4v) is 4.16. The molecule has 0 spiro atoms. The number of hydrogen-bond donors (Lipinski definition) is 0. The Kier molecular flexibility index (Phi) is 6.16. The van der Waals surface area contributed by atoms with E-state index in [2.05, 4.69) is 23.2 Å². The van der Waals surface area contributed by atoms with Gasteiger partial charge in [-0.25, -0.2) is 9.98 Å². The zero-order valence-electron chi connectivity index (χ0n) is 19.0. The number of alkyl halides is 3. The van der Waals surface area contributed by atoms with E-state index in [0.717, 1.165) is 47.5 Å². The standard InChI is InChI=1S/C28H23F3N2O2/c1-18-14-21-15-23(35-25-13-12-22(17-32-25)28(29,30)31)16-24(27(21)34-18)33-26(19-8-4-2-5-9-19)20-10-6-3-7-11-20/h2,4-6,8-13,15-18H,3,7,14H2,1H3. The van der Waals surface area contributed by atoms with Gasteiger partial charge in [0.1, 0.15) is 23.3 Å². The lowest BCUT2D eigenvalue weighted by molar-refractivity contribution is -0.137. The van der Waals surface area contributed by atoms with Crippen molar-refractivity contribution in [3.05, 3.63) is 101 Å². The molecule has 2 aliphatic rings. The Balaban J connectivity index is 1.56. The van der Waals surface area contributed by atoms with Gasteiger partial charge in [-0.1, -0.05) is 48.6 Å². The Morgan fingerprint density at radius 2 is 1.91 bits per heavy atom. The van der Waals surface area contributed by atoms with Crippen LogP contribution in [0.25, 0.3) is 0 Å². The maximum absolute atomic E-state index is 12.9. The third-order valence-electron chi connectivity index (χ3n) is 5.78. The molecule has 178 valence electrons. The molecule has 2 aromatic carbocycles. The molecule has 4 nitrogen and oxygen atoms in total. The first kappa shape index (κ1) is 22.9. The van der Waals surface area contributed by atoms with Crippen LogP contribution in [0.2, 0.25) is 0 Å². The molecular formula is C28H23F3N2O2. The van der Waals surface area contributed by atoms with Crippen LogP contribution in [0.4, 0.5) is 18.9 Å².